The Balaban J connectivity index is 1.64. The average molecular weight is 285 g/mol. The van der Waals surface area contributed by atoms with Crippen LogP contribution in [0.15, 0.2) is 41.0 Å². The first-order valence-electron chi connectivity index (χ1n) is 7.30. The predicted molar refractivity (Wildman–Crippen MR) is 79.6 cm³/mol. The van der Waals surface area contributed by atoms with Gasteiger partial charge in [0.1, 0.15) is 6.26 Å². The minimum absolute atomic E-state index is 0.179. The molecule has 0 bridgehead atoms. The number of rotatable bonds is 3. The Hall–Kier alpha value is -2.14. The van der Waals surface area contributed by atoms with Gasteiger partial charge in [-0.05, 0) is 37.8 Å². The van der Waals surface area contributed by atoms with E-state index in [0.29, 0.717) is 11.6 Å². The summed E-state index contributed by atoms with van der Waals surface area (Å²) in [6, 6.07) is 10.00. The summed E-state index contributed by atoms with van der Waals surface area (Å²) in [5.41, 5.74) is 7.05. The molecule has 3 rings (SSSR count). The van der Waals surface area contributed by atoms with Crippen molar-refractivity contribution in [2.45, 2.75) is 37.8 Å². The first kappa shape index (κ1) is 13.8. The predicted octanol–water partition coefficient (Wildman–Crippen LogP) is 2.34. The lowest BCUT2D eigenvalue weighted by Gasteiger charge is -2.26. The van der Waals surface area contributed by atoms with Gasteiger partial charge in [0, 0.05) is 17.6 Å². The van der Waals surface area contributed by atoms with Crippen molar-refractivity contribution in [3.8, 4) is 11.5 Å². The van der Waals surface area contributed by atoms with Crippen LogP contribution in [0.1, 0.15) is 36.2 Å². The van der Waals surface area contributed by atoms with E-state index < -0.39 is 0 Å². The number of oxazole rings is 1. The number of nitrogens with zero attached hydrogens (tertiary/aromatic N) is 1. The Morgan fingerprint density at radius 1 is 1.19 bits per heavy atom. The molecule has 1 saturated carbocycles. The van der Waals surface area contributed by atoms with E-state index in [2.05, 4.69) is 10.3 Å². The lowest BCUT2D eigenvalue weighted by atomic mass is 9.92. The van der Waals surface area contributed by atoms with E-state index in [1.54, 1.807) is 0 Å². The van der Waals surface area contributed by atoms with Crippen molar-refractivity contribution in [2.75, 3.05) is 0 Å². The summed E-state index contributed by atoms with van der Waals surface area (Å²) in [5, 5.41) is 3.00. The molecule has 1 heterocycles. The molecule has 1 aromatic heterocycles. The second-order valence-electron chi connectivity index (χ2n) is 5.49. The first-order valence-corrected chi connectivity index (χ1v) is 7.30. The molecular weight excluding hydrogens is 266 g/mol. The van der Waals surface area contributed by atoms with Gasteiger partial charge in [-0.1, -0.05) is 18.2 Å². The molecule has 1 aliphatic rings. The second kappa shape index (κ2) is 6.10. The molecule has 1 aliphatic carbocycles. The molecule has 21 heavy (non-hydrogen) atoms. The highest BCUT2D eigenvalue weighted by atomic mass is 16.3. The molecule has 2 aromatic rings. The van der Waals surface area contributed by atoms with Gasteiger partial charge >= 0.3 is 0 Å². The van der Waals surface area contributed by atoms with Crippen molar-refractivity contribution in [1.82, 2.24) is 10.3 Å². The zero-order chi connectivity index (χ0) is 14.7. The molecule has 5 heteroatoms. The Morgan fingerprint density at radius 2 is 1.90 bits per heavy atom. The first-order chi connectivity index (χ1) is 10.2. The Morgan fingerprint density at radius 3 is 2.62 bits per heavy atom. The number of carbonyl (C=O) groups excluding carboxylic acids is 1. The number of nitrogens with one attached hydrogen (secondary N) is 1. The third-order valence-electron chi connectivity index (χ3n) is 3.86. The van der Waals surface area contributed by atoms with Gasteiger partial charge in [0.2, 0.25) is 5.89 Å². The summed E-state index contributed by atoms with van der Waals surface area (Å²) in [6.07, 6.45) is 5.18. The summed E-state index contributed by atoms with van der Waals surface area (Å²) in [7, 11) is 0. The fourth-order valence-electron chi connectivity index (χ4n) is 2.61. The highest BCUT2D eigenvalue weighted by Crippen LogP contribution is 2.19. The van der Waals surface area contributed by atoms with E-state index >= 15 is 0 Å². The molecule has 0 aliphatic heterocycles. The molecule has 0 spiro atoms. The second-order valence-corrected chi connectivity index (χ2v) is 5.49. The van der Waals surface area contributed by atoms with E-state index in [4.69, 9.17) is 10.2 Å². The van der Waals surface area contributed by atoms with Crippen molar-refractivity contribution in [3.05, 3.63) is 42.3 Å². The van der Waals surface area contributed by atoms with Crippen LogP contribution in [0.25, 0.3) is 11.5 Å². The van der Waals surface area contributed by atoms with Crippen molar-refractivity contribution < 1.29 is 9.21 Å². The van der Waals surface area contributed by atoms with E-state index in [1.165, 1.54) is 6.26 Å². The van der Waals surface area contributed by atoms with Gasteiger partial charge in [-0.15, -0.1) is 0 Å². The molecule has 0 atom stereocenters. The summed E-state index contributed by atoms with van der Waals surface area (Å²) < 4.78 is 5.39. The van der Waals surface area contributed by atoms with E-state index in [1.807, 2.05) is 30.3 Å². The van der Waals surface area contributed by atoms with Gasteiger partial charge in [-0.2, -0.15) is 0 Å². The van der Waals surface area contributed by atoms with Crippen LogP contribution >= 0.6 is 0 Å². The smallest absolute Gasteiger partial charge is 0.273 e. The molecule has 0 radical (unpaired) electrons. The Bertz CT molecular complexity index is 601. The minimum atomic E-state index is -0.179. The van der Waals surface area contributed by atoms with Crippen LogP contribution in [-0.4, -0.2) is 23.0 Å². The molecule has 1 amide bonds. The summed E-state index contributed by atoms with van der Waals surface area (Å²) >= 11 is 0. The largest absolute Gasteiger partial charge is 0.444 e. The number of nitrogens with two attached hydrogens (primary N) is 1. The number of aromatic nitrogens is 1. The maximum absolute atomic E-state index is 12.2. The van der Waals surface area contributed by atoms with Gasteiger partial charge in [-0.25, -0.2) is 4.98 Å². The Labute approximate surface area is 123 Å². The van der Waals surface area contributed by atoms with E-state index in [0.717, 1.165) is 31.2 Å². The molecule has 1 fully saturated rings. The highest BCUT2D eigenvalue weighted by Gasteiger charge is 2.22. The van der Waals surface area contributed by atoms with Crippen molar-refractivity contribution in [2.24, 2.45) is 5.73 Å². The fourth-order valence-corrected chi connectivity index (χ4v) is 2.61. The van der Waals surface area contributed by atoms with E-state index in [-0.39, 0.29) is 18.0 Å². The van der Waals surface area contributed by atoms with Crippen LogP contribution in [0.5, 0.6) is 0 Å². The van der Waals surface area contributed by atoms with Crippen LogP contribution < -0.4 is 11.1 Å². The zero-order valence-corrected chi connectivity index (χ0v) is 11.8. The van der Waals surface area contributed by atoms with Gasteiger partial charge in [-0.3, -0.25) is 4.79 Å². The number of carbonyl (C=O) groups is 1. The summed E-state index contributed by atoms with van der Waals surface area (Å²) in [6.45, 7) is 0. The minimum Gasteiger partial charge on any atom is -0.444 e. The van der Waals surface area contributed by atoms with Crippen molar-refractivity contribution in [3.63, 3.8) is 0 Å². The molecule has 1 aromatic carbocycles. The third kappa shape index (κ3) is 3.31. The fraction of sp³-hybridized carbons (Fsp3) is 0.375. The molecule has 0 unspecified atom stereocenters. The van der Waals surface area contributed by atoms with Gasteiger partial charge in [0.05, 0.1) is 0 Å². The normalized spacial score (nSPS) is 22.0. The summed E-state index contributed by atoms with van der Waals surface area (Å²) in [5.74, 6) is 0.285. The zero-order valence-electron chi connectivity index (χ0n) is 11.8. The van der Waals surface area contributed by atoms with E-state index in [9.17, 15) is 4.79 Å². The molecule has 0 saturated heterocycles. The Kier molecular flexibility index (Phi) is 4.01. The maximum atomic E-state index is 12.2. The van der Waals surface area contributed by atoms with Crippen LogP contribution in [0.3, 0.4) is 0 Å². The van der Waals surface area contributed by atoms with Crippen LogP contribution in [0, 0.1) is 0 Å². The number of hydrogen-bond donors (Lipinski definition) is 2. The standard InChI is InChI=1S/C16H19N3O2/c17-12-6-8-13(9-7-12)18-15(20)14-10-21-16(19-14)11-4-2-1-3-5-11/h1-5,10,12-13H,6-9,17H2,(H,18,20). The van der Waals surface area contributed by atoms with Crippen molar-refractivity contribution >= 4 is 5.91 Å². The maximum Gasteiger partial charge on any atom is 0.273 e. The molecule has 5 nitrogen and oxygen atoms in total. The number of benzene rings is 1. The topological polar surface area (TPSA) is 81.1 Å². The lowest BCUT2D eigenvalue weighted by Crippen LogP contribution is -2.40. The quantitative estimate of drug-likeness (QED) is 0.907. The average Bonchev–Trinajstić information content (AvgIpc) is 3.00. The monoisotopic (exact) mass is 285 g/mol. The van der Waals surface area contributed by atoms with Crippen LogP contribution in [0.2, 0.25) is 0 Å². The van der Waals surface area contributed by atoms with Crippen LogP contribution in [-0.2, 0) is 0 Å². The highest BCUT2D eigenvalue weighted by molar-refractivity contribution is 5.92. The van der Waals surface area contributed by atoms with Gasteiger partial charge < -0.3 is 15.5 Å². The number of hydrogen-bond acceptors (Lipinski definition) is 4. The molecular formula is C16H19N3O2. The summed E-state index contributed by atoms with van der Waals surface area (Å²) in [4.78, 5) is 16.4. The SMILES string of the molecule is NC1CCC(NC(=O)c2coc(-c3ccccc3)n2)CC1. The van der Waals surface area contributed by atoms with Crippen molar-refractivity contribution in [1.29, 1.82) is 0 Å². The third-order valence-corrected chi connectivity index (χ3v) is 3.86. The number of amides is 1. The molecule has 110 valence electrons. The van der Waals surface area contributed by atoms with Gasteiger partial charge in [0.25, 0.3) is 5.91 Å². The molecule has 3 N–H and O–H groups in total. The van der Waals surface area contributed by atoms with Crippen LogP contribution in [0.4, 0.5) is 0 Å². The lowest BCUT2D eigenvalue weighted by molar-refractivity contribution is 0.0921. The van der Waals surface area contributed by atoms with Gasteiger partial charge in [0.15, 0.2) is 5.69 Å².